The average Bonchev–Trinajstić information content (AvgIpc) is 2.01. The fourth-order valence-electron chi connectivity index (χ4n) is 0.922. The molecular formula is C7H5BClF3O2. The van der Waals surface area contributed by atoms with Crippen LogP contribution in [0.2, 0.25) is 5.02 Å². The van der Waals surface area contributed by atoms with Crippen LogP contribution in [0.15, 0.2) is 18.2 Å². The van der Waals surface area contributed by atoms with Gasteiger partial charge in [0.05, 0.1) is 10.6 Å². The molecule has 0 heterocycles. The molecule has 0 aromatic heterocycles. The number of halogens is 4. The highest BCUT2D eigenvalue weighted by atomic mass is 35.5. The zero-order valence-electron chi connectivity index (χ0n) is 6.72. The van der Waals surface area contributed by atoms with Crippen LogP contribution in [0.4, 0.5) is 13.2 Å². The second-order valence-corrected chi connectivity index (χ2v) is 3.02. The van der Waals surface area contributed by atoms with Gasteiger partial charge < -0.3 is 10.0 Å². The minimum Gasteiger partial charge on any atom is -0.423 e. The Morgan fingerprint density at radius 3 is 2.14 bits per heavy atom. The molecular weight excluding hydrogens is 219 g/mol. The van der Waals surface area contributed by atoms with Gasteiger partial charge in [-0.2, -0.15) is 13.2 Å². The molecule has 0 radical (unpaired) electrons. The highest BCUT2D eigenvalue weighted by Gasteiger charge is 2.33. The first-order valence-electron chi connectivity index (χ1n) is 3.55. The lowest BCUT2D eigenvalue weighted by Gasteiger charge is -2.09. The van der Waals surface area contributed by atoms with Gasteiger partial charge in [0.1, 0.15) is 0 Å². The zero-order valence-corrected chi connectivity index (χ0v) is 7.47. The smallest absolute Gasteiger partial charge is 0.423 e. The molecule has 1 rings (SSSR count). The molecule has 1 aromatic rings. The summed E-state index contributed by atoms with van der Waals surface area (Å²) in [5.41, 5.74) is -1.08. The molecule has 0 bridgehead atoms. The van der Waals surface area contributed by atoms with Crippen LogP contribution in [0.5, 0.6) is 0 Å². The highest BCUT2D eigenvalue weighted by Crippen LogP contribution is 2.33. The van der Waals surface area contributed by atoms with Gasteiger partial charge >= 0.3 is 13.3 Å². The molecule has 1 aromatic carbocycles. The van der Waals surface area contributed by atoms with E-state index in [1.165, 1.54) is 0 Å². The second-order valence-electron chi connectivity index (χ2n) is 2.61. The van der Waals surface area contributed by atoms with Gasteiger partial charge in [-0.3, -0.25) is 0 Å². The van der Waals surface area contributed by atoms with Crippen molar-refractivity contribution in [2.45, 2.75) is 6.18 Å². The molecule has 76 valence electrons. The van der Waals surface area contributed by atoms with E-state index in [2.05, 4.69) is 0 Å². The minimum atomic E-state index is -4.53. The monoisotopic (exact) mass is 224 g/mol. The number of benzene rings is 1. The predicted octanol–water partition coefficient (Wildman–Crippen LogP) is 1.04. The van der Waals surface area contributed by atoms with Crippen LogP contribution in [0, 0.1) is 0 Å². The predicted molar refractivity (Wildman–Crippen MR) is 46.3 cm³/mol. The summed E-state index contributed by atoms with van der Waals surface area (Å²) in [6.45, 7) is 0. The van der Waals surface area contributed by atoms with Gasteiger partial charge in [-0.05, 0) is 17.6 Å². The van der Waals surface area contributed by atoms with E-state index >= 15 is 0 Å². The molecule has 7 heteroatoms. The van der Waals surface area contributed by atoms with E-state index in [4.69, 9.17) is 21.6 Å². The van der Waals surface area contributed by atoms with Crippen molar-refractivity contribution in [1.82, 2.24) is 0 Å². The van der Waals surface area contributed by atoms with Gasteiger partial charge in [0, 0.05) is 0 Å². The standard InChI is InChI=1S/C7H5BClF3O2/c9-6-3-4(8(13)14)1-2-5(6)7(10,11)12/h1-3,13-14H. The summed E-state index contributed by atoms with van der Waals surface area (Å²) >= 11 is 5.32. The zero-order chi connectivity index (χ0) is 10.9. The van der Waals surface area contributed by atoms with Crippen LogP contribution >= 0.6 is 11.6 Å². The first-order valence-corrected chi connectivity index (χ1v) is 3.93. The Morgan fingerprint density at radius 1 is 1.21 bits per heavy atom. The maximum atomic E-state index is 12.2. The van der Waals surface area contributed by atoms with E-state index < -0.39 is 23.9 Å². The molecule has 14 heavy (non-hydrogen) atoms. The van der Waals surface area contributed by atoms with Crippen molar-refractivity contribution in [1.29, 1.82) is 0 Å². The molecule has 0 aliphatic carbocycles. The summed E-state index contributed by atoms with van der Waals surface area (Å²) < 4.78 is 36.5. The highest BCUT2D eigenvalue weighted by molar-refractivity contribution is 6.59. The summed E-state index contributed by atoms with van der Waals surface area (Å²) in [7, 11) is -1.82. The quantitative estimate of drug-likeness (QED) is 0.700. The third kappa shape index (κ3) is 2.40. The molecule has 0 saturated carbocycles. The lowest BCUT2D eigenvalue weighted by Crippen LogP contribution is -2.30. The third-order valence-electron chi connectivity index (χ3n) is 1.60. The Balaban J connectivity index is 3.15. The van der Waals surface area contributed by atoms with Crippen molar-refractivity contribution < 1.29 is 23.2 Å². The van der Waals surface area contributed by atoms with E-state index in [0.717, 1.165) is 12.1 Å². The van der Waals surface area contributed by atoms with Crippen molar-refractivity contribution in [3.63, 3.8) is 0 Å². The van der Waals surface area contributed by atoms with E-state index in [9.17, 15) is 13.2 Å². The van der Waals surface area contributed by atoms with Crippen LogP contribution in [0.3, 0.4) is 0 Å². The van der Waals surface area contributed by atoms with Gasteiger partial charge in [-0.1, -0.05) is 17.7 Å². The summed E-state index contributed by atoms with van der Waals surface area (Å²) in [4.78, 5) is 0. The number of rotatable bonds is 1. The van der Waals surface area contributed by atoms with Crippen molar-refractivity contribution in [2.75, 3.05) is 0 Å². The third-order valence-corrected chi connectivity index (χ3v) is 1.91. The normalized spacial score (nSPS) is 11.6. The maximum absolute atomic E-state index is 12.2. The van der Waals surface area contributed by atoms with Crippen LogP contribution in [-0.2, 0) is 6.18 Å². The minimum absolute atomic E-state index is 0.0806. The summed E-state index contributed by atoms with van der Waals surface area (Å²) in [5, 5.41) is 16.8. The van der Waals surface area contributed by atoms with Gasteiger partial charge in [-0.15, -0.1) is 0 Å². The largest absolute Gasteiger partial charge is 0.488 e. The number of hydrogen-bond acceptors (Lipinski definition) is 2. The first-order chi connectivity index (χ1) is 6.32. The second kappa shape index (κ2) is 3.80. The van der Waals surface area contributed by atoms with Crippen molar-refractivity contribution in [3.8, 4) is 0 Å². The van der Waals surface area contributed by atoms with Gasteiger partial charge in [0.25, 0.3) is 0 Å². The van der Waals surface area contributed by atoms with Crippen LogP contribution in [-0.4, -0.2) is 17.2 Å². The lowest BCUT2D eigenvalue weighted by atomic mass is 9.80. The molecule has 0 aliphatic heterocycles. The lowest BCUT2D eigenvalue weighted by molar-refractivity contribution is -0.137. The average molecular weight is 224 g/mol. The maximum Gasteiger partial charge on any atom is 0.488 e. The first kappa shape index (κ1) is 11.4. The molecule has 0 atom stereocenters. The Kier molecular flexibility index (Phi) is 3.09. The SMILES string of the molecule is OB(O)c1ccc(C(F)(F)F)c(Cl)c1. The molecule has 0 aliphatic rings. The van der Waals surface area contributed by atoms with E-state index in [0.29, 0.717) is 6.07 Å². The van der Waals surface area contributed by atoms with Gasteiger partial charge in [0.2, 0.25) is 0 Å². The number of alkyl halides is 3. The Hall–Kier alpha value is -0.715. The molecule has 0 fully saturated rings. The van der Waals surface area contributed by atoms with E-state index in [1.807, 2.05) is 0 Å². The summed E-state index contributed by atoms with van der Waals surface area (Å²) in [6.07, 6.45) is -4.53. The fourth-order valence-corrected chi connectivity index (χ4v) is 1.22. The molecule has 0 spiro atoms. The van der Waals surface area contributed by atoms with Crippen LogP contribution in [0.25, 0.3) is 0 Å². The Labute approximate surface area is 83.1 Å². The van der Waals surface area contributed by atoms with Crippen LogP contribution < -0.4 is 5.46 Å². The molecule has 0 amide bonds. The van der Waals surface area contributed by atoms with Gasteiger partial charge in [0.15, 0.2) is 0 Å². The molecule has 0 saturated heterocycles. The van der Waals surface area contributed by atoms with Crippen molar-refractivity contribution >= 4 is 24.2 Å². The van der Waals surface area contributed by atoms with Crippen LogP contribution in [0.1, 0.15) is 5.56 Å². The number of hydrogen-bond donors (Lipinski definition) is 2. The van der Waals surface area contributed by atoms with Gasteiger partial charge in [-0.25, -0.2) is 0 Å². The Morgan fingerprint density at radius 2 is 1.79 bits per heavy atom. The summed E-state index contributed by atoms with van der Waals surface area (Å²) in [6, 6.07) is 2.53. The summed E-state index contributed by atoms with van der Waals surface area (Å²) in [5.74, 6) is 0. The molecule has 0 unspecified atom stereocenters. The fraction of sp³-hybridized carbons (Fsp3) is 0.143. The Bertz CT molecular complexity index is 340. The van der Waals surface area contributed by atoms with Crippen molar-refractivity contribution in [2.24, 2.45) is 0 Å². The van der Waals surface area contributed by atoms with Crippen molar-refractivity contribution in [3.05, 3.63) is 28.8 Å². The molecule has 2 N–H and O–H groups in total. The topological polar surface area (TPSA) is 40.5 Å². The van der Waals surface area contributed by atoms with E-state index in [1.54, 1.807) is 0 Å². The molecule has 2 nitrogen and oxygen atoms in total. The van der Waals surface area contributed by atoms with E-state index in [-0.39, 0.29) is 5.46 Å².